The Morgan fingerprint density at radius 3 is 2.46 bits per heavy atom. The molecule has 0 bridgehead atoms. The minimum Gasteiger partial charge on any atom is -0.348 e. The summed E-state index contributed by atoms with van der Waals surface area (Å²) in [6.07, 6.45) is 0. The van der Waals surface area contributed by atoms with Crippen LogP contribution in [-0.4, -0.2) is 30.9 Å². The predicted molar refractivity (Wildman–Crippen MR) is 104 cm³/mol. The monoisotopic (exact) mass is 347 g/mol. The van der Waals surface area contributed by atoms with Gasteiger partial charge in [-0.1, -0.05) is 48.5 Å². The maximum absolute atomic E-state index is 12.6. The molecule has 3 aromatic rings. The third-order valence-electron chi connectivity index (χ3n) is 4.07. The van der Waals surface area contributed by atoms with Crippen LogP contribution in [0.3, 0.4) is 0 Å². The number of anilines is 1. The summed E-state index contributed by atoms with van der Waals surface area (Å²) in [7, 11) is 3.37. The lowest BCUT2D eigenvalue weighted by atomic mass is 10.0. The molecule has 0 radical (unpaired) electrons. The molecule has 0 unspecified atom stereocenters. The molecular formula is C21H21N3O2. The van der Waals surface area contributed by atoms with Crippen molar-refractivity contribution in [1.82, 2.24) is 10.2 Å². The third kappa shape index (κ3) is 4.00. The average molecular weight is 347 g/mol. The van der Waals surface area contributed by atoms with Gasteiger partial charge in [0.15, 0.2) is 0 Å². The van der Waals surface area contributed by atoms with E-state index in [9.17, 15) is 9.59 Å². The van der Waals surface area contributed by atoms with Crippen LogP contribution < -0.4 is 10.6 Å². The Labute approximate surface area is 152 Å². The standard InChI is InChI=1S/C21H21N3O2/c1-24(2)21(26)23-17-10-5-7-15(13-17)14-22-20(25)19-12-6-9-16-8-3-4-11-18(16)19/h3-13H,14H2,1-2H3,(H,22,25)(H,23,26). The zero-order valence-electron chi connectivity index (χ0n) is 14.8. The van der Waals surface area contributed by atoms with Crippen LogP contribution in [0.25, 0.3) is 10.8 Å². The Morgan fingerprint density at radius 2 is 1.65 bits per heavy atom. The van der Waals surface area contributed by atoms with Crippen molar-refractivity contribution in [2.45, 2.75) is 6.54 Å². The maximum Gasteiger partial charge on any atom is 0.321 e. The molecular weight excluding hydrogens is 326 g/mol. The molecule has 26 heavy (non-hydrogen) atoms. The van der Waals surface area contributed by atoms with E-state index in [-0.39, 0.29) is 11.9 Å². The van der Waals surface area contributed by atoms with Crippen LogP contribution in [0.4, 0.5) is 10.5 Å². The number of hydrogen-bond acceptors (Lipinski definition) is 2. The molecule has 0 fully saturated rings. The largest absolute Gasteiger partial charge is 0.348 e. The second-order valence-corrected chi connectivity index (χ2v) is 6.23. The first kappa shape index (κ1) is 17.5. The molecule has 0 spiro atoms. The normalized spacial score (nSPS) is 10.4. The first-order valence-electron chi connectivity index (χ1n) is 8.38. The number of urea groups is 1. The van der Waals surface area contributed by atoms with Crippen molar-refractivity contribution in [2.75, 3.05) is 19.4 Å². The van der Waals surface area contributed by atoms with E-state index >= 15 is 0 Å². The molecule has 2 N–H and O–H groups in total. The van der Waals surface area contributed by atoms with E-state index in [0.29, 0.717) is 17.8 Å². The summed E-state index contributed by atoms with van der Waals surface area (Å²) >= 11 is 0. The van der Waals surface area contributed by atoms with Gasteiger partial charge in [0.2, 0.25) is 0 Å². The molecule has 5 nitrogen and oxygen atoms in total. The molecule has 132 valence electrons. The van der Waals surface area contributed by atoms with Crippen molar-refractivity contribution >= 4 is 28.4 Å². The van der Waals surface area contributed by atoms with E-state index < -0.39 is 0 Å². The number of carbonyl (C=O) groups excluding carboxylic acids is 2. The van der Waals surface area contributed by atoms with E-state index in [4.69, 9.17) is 0 Å². The molecule has 0 heterocycles. The van der Waals surface area contributed by atoms with Gasteiger partial charge >= 0.3 is 6.03 Å². The van der Waals surface area contributed by atoms with E-state index in [1.165, 1.54) is 4.90 Å². The SMILES string of the molecule is CN(C)C(=O)Nc1cccc(CNC(=O)c2cccc3ccccc23)c1. The molecule has 0 atom stereocenters. The molecule has 0 saturated heterocycles. The number of fused-ring (bicyclic) bond motifs is 1. The van der Waals surface area contributed by atoms with Gasteiger partial charge in [0.1, 0.15) is 0 Å². The van der Waals surface area contributed by atoms with Gasteiger partial charge in [0.25, 0.3) is 5.91 Å². The second-order valence-electron chi connectivity index (χ2n) is 6.23. The third-order valence-corrected chi connectivity index (χ3v) is 4.07. The average Bonchev–Trinajstić information content (AvgIpc) is 2.66. The lowest BCUT2D eigenvalue weighted by Gasteiger charge is -2.13. The fourth-order valence-corrected chi connectivity index (χ4v) is 2.70. The van der Waals surface area contributed by atoms with Crippen LogP contribution >= 0.6 is 0 Å². The summed E-state index contributed by atoms with van der Waals surface area (Å²) < 4.78 is 0. The van der Waals surface area contributed by atoms with Gasteiger partial charge in [-0.15, -0.1) is 0 Å². The first-order chi connectivity index (χ1) is 12.5. The van der Waals surface area contributed by atoms with Crippen LogP contribution in [0.5, 0.6) is 0 Å². The van der Waals surface area contributed by atoms with Crippen LogP contribution in [0.15, 0.2) is 66.7 Å². The summed E-state index contributed by atoms with van der Waals surface area (Å²) in [5.74, 6) is -0.121. The van der Waals surface area contributed by atoms with Gasteiger partial charge in [-0.25, -0.2) is 4.79 Å². The number of nitrogens with one attached hydrogen (secondary N) is 2. The number of carbonyl (C=O) groups is 2. The van der Waals surface area contributed by atoms with Crippen molar-refractivity contribution < 1.29 is 9.59 Å². The quantitative estimate of drug-likeness (QED) is 0.753. The highest BCUT2D eigenvalue weighted by Crippen LogP contribution is 2.18. The van der Waals surface area contributed by atoms with E-state index in [1.54, 1.807) is 14.1 Å². The van der Waals surface area contributed by atoms with Crippen LogP contribution in [0, 0.1) is 0 Å². The van der Waals surface area contributed by atoms with Crippen molar-refractivity contribution in [2.24, 2.45) is 0 Å². The molecule has 0 aliphatic heterocycles. The topological polar surface area (TPSA) is 61.4 Å². The minimum absolute atomic E-state index is 0.121. The molecule has 3 amide bonds. The number of rotatable bonds is 4. The molecule has 3 rings (SSSR count). The number of amides is 3. The van der Waals surface area contributed by atoms with Crippen LogP contribution in [0.2, 0.25) is 0 Å². The molecule has 5 heteroatoms. The fourth-order valence-electron chi connectivity index (χ4n) is 2.70. The van der Waals surface area contributed by atoms with Crippen molar-refractivity contribution in [3.63, 3.8) is 0 Å². The molecule has 0 aliphatic rings. The van der Waals surface area contributed by atoms with E-state index in [2.05, 4.69) is 10.6 Å². The lowest BCUT2D eigenvalue weighted by molar-refractivity contribution is 0.0952. The highest BCUT2D eigenvalue weighted by Gasteiger charge is 2.10. The molecule has 0 aromatic heterocycles. The van der Waals surface area contributed by atoms with Crippen molar-refractivity contribution in [1.29, 1.82) is 0 Å². The van der Waals surface area contributed by atoms with E-state index in [0.717, 1.165) is 16.3 Å². The Morgan fingerprint density at radius 1 is 0.923 bits per heavy atom. The highest BCUT2D eigenvalue weighted by molar-refractivity contribution is 6.07. The number of nitrogens with zero attached hydrogens (tertiary/aromatic N) is 1. The second kappa shape index (κ2) is 7.70. The van der Waals surface area contributed by atoms with Crippen molar-refractivity contribution in [3.05, 3.63) is 77.9 Å². The van der Waals surface area contributed by atoms with Gasteiger partial charge in [0, 0.05) is 31.9 Å². The summed E-state index contributed by atoms with van der Waals surface area (Å²) in [6.45, 7) is 0.383. The summed E-state index contributed by atoms with van der Waals surface area (Å²) in [6, 6.07) is 20.8. The smallest absolute Gasteiger partial charge is 0.321 e. The summed E-state index contributed by atoms with van der Waals surface area (Å²) in [5, 5.41) is 7.71. The maximum atomic E-state index is 12.6. The number of benzene rings is 3. The lowest BCUT2D eigenvalue weighted by Crippen LogP contribution is -2.27. The van der Waals surface area contributed by atoms with Gasteiger partial charge in [-0.2, -0.15) is 0 Å². The Kier molecular flexibility index (Phi) is 5.17. The molecule has 0 saturated carbocycles. The number of hydrogen-bond donors (Lipinski definition) is 2. The van der Waals surface area contributed by atoms with Crippen molar-refractivity contribution in [3.8, 4) is 0 Å². The van der Waals surface area contributed by atoms with Gasteiger partial charge in [0.05, 0.1) is 0 Å². The molecule has 0 aliphatic carbocycles. The Balaban J connectivity index is 1.70. The van der Waals surface area contributed by atoms with E-state index in [1.807, 2.05) is 66.7 Å². The van der Waals surface area contributed by atoms with Gasteiger partial charge in [-0.3, -0.25) is 4.79 Å². The highest BCUT2D eigenvalue weighted by atomic mass is 16.2. The summed E-state index contributed by atoms with van der Waals surface area (Å²) in [4.78, 5) is 25.8. The Hall–Kier alpha value is -3.34. The zero-order valence-corrected chi connectivity index (χ0v) is 14.8. The molecule has 3 aromatic carbocycles. The zero-order chi connectivity index (χ0) is 18.5. The van der Waals surface area contributed by atoms with Gasteiger partial charge in [-0.05, 0) is 34.5 Å². The minimum atomic E-state index is -0.193. The fraction of sp³-hybridized carbons (Fsp3) is 0.143. The van der Waals surface area contributed by atoms with Crippen LogP contribution in [-0.2, 0) is 6.54 Å². The Bertz CT molecular complexity index is 945. The van der Waals surface area contributed by atoms with Gasteiger partial charge < -0.3 is 15.5 Å². The predicted octanol–water partition coefficient (Wildman–Crippen LogP) is 3.86. The van der Waals surface area contributed by atoms with Crippen LogP contribution in [0.1, 0.15) is 15.9 Å². The first-order valence-corrected chi connectivity index (χ1v) is 8.38. The summed E-state index contributed by atoms with van der Waals surface area (Å²) in [5.41, 5.74) is 2.26.